The SMILES string of the molecule is Cc1ccc(S(=O)(=O)Cc2ccc(C(=O)N(C)C3CCNCC3)cc2)cc1.Cl. The van der Waals surface area contributed by atoms with Crippen molar-refractivity contribution in [1.82, 2.24) is 10.2 Å². The number of halogens is 1. The Morgan fingerprint density at radius 2 is 1.61 bits per heavy atom. The monoisotopic (exact) mass is 422 g/mol. The molecule has 1 amide bonds. The Bertz CT molecular complexity index is 890. The second-order valence-corrected chi connectivity index (χ2v) is 9.16. The molecule has 1 aliphatic heterocycles. The highest BCUT2D eigenvalue weighted by Gasteiger charge is 2.23. The van der Waals surface area contributed by atoms with Crippen molar-refractivity contribution in [2.24, 2.45) is 0 Å². The number of rotatable bonds is 5. The van der Waals surface area contributed by atoms with Crippen LogP contribution < -0.4 is 5.32 Å². The molecule has 0 atom stereocenters. The fraction of sp³-hybridized carbons (Fsp3) is 0.381. The van der Waals surface area contributed by atoms with Gasteiger partial charge in [-0.25, -0.2) is 8.42 Å². The van der Waals surface area contributed by atoms with Crippen molar-refractivity contribution in [3.05, 3.63) is 65.2 Å². The Hall–Kier alpha value is -1.89. The number of carbonyl (C=O) groups excluding carboxylic acids is 1. The lowest BCUT2D eigenvalue weighted by atomic mass is 10.0. The highest BCUT2D eigenvalue weighted by molar-refractivity contribution is 7.90. The van der Waals surface area contributed by atoms with E-state index in [2.05, 4.69) is 5.32 Å². The number of nitrogens with zero attached hydrogens (tertiary/aromatic N) is 1. The molecule has 28 heavy (non-hydrogen) atoms. The maximum atomic E-state index is 12.7. The van der Waals surface area contributed by atoms with Gasteiger partial charge in [0.1, 0.15) is 0 Å². The molecule has 2 aromatic rings. The molecule has 0 spiro atoms. The molecule has 2 aromatic carbocycles. The molecule has 0 unspecified atom stereocenters. The number of carbonyl (C=O) groups is 1. The molecule has 1 fully saturated rings. The van der Waals surface area contributed by atoms with E-state index in [9.17, 15) is 13.2 Å². The third kappa shape index (κ3) is 5.34. The van der Waals surface area contributed by atoms with Crippen molar-refractivity contribution < 1.29 is 13.2 Å². The molecule has 0 saturated carbocycles. The number of aryl methyl sites for hydroxylation is 1. The molecule has 3 rings (SSSR count). The summed E-state index contributed by atoms with van der Waals surface area (Å²) in [6, 6.07) is 14.0. The van der Waals surface area contributed by atoms with Gasteiger partial charge in [0.2, 0.25) is 0 Å². The van der Waals surface area contributed by atoms with Gasteiger partial charge in [-0.05, 0) is 62.7 Å². The van der Waals surface area contributed by atoms with E-state index in [-0.39, 0.29) is 30.1 Å². The van der Waals surface area contributed by atoms with Crippen molar-refractivity contribution in [3.8, 4) is 0 Å². The van der Waals surface area contributed by atoms with E-state index in [1.54, 1.807) is 53.4 Å². The zero-order chi connectivity index (χ0) is 19.4. The third-order valence-corrected chi connectivity index (χ3v) is 6.82. The van der Waals surface area contributed by atoms with E-state index in [1.807, 2.05) is 14.0 Å². The summed E-state index contributed by atoms with van der Waals surface area (Å²) in [7, 11) is -1.56. The minimum atomic E-state index is -3.40. The van der Waals surface area contributed by atoms with Crippen molar-refractivity contribution in [1.29, 1.82) is 0 Å². The molecule has 1 saturated heterocycles. The second-order valence-electron chi connectivity index (χ2n) is 7.17. The van der Waals surface area contributed by atoms with E-state index in [0.29, 0.717) is 16.0 Å². The molecule has 1 N–H and O–H groups in total. The fourth-order valence-corrected chi connectivity index (χ4v) is 4.70. The van der Waals surface area contributed by atoms with Crippen LogP contribution in [0.1, 0.15) is 34.3 Å². The highest BCUT2D eigenvalue weighted by atomic mass is 35.5. The van der Waals surface area contributed by atoms with Gasteiger partial charge in [0, 0.05) is 18.7 Å². The number of piperidine rings is 1. The van der Waals surface area contributed by atoms with Crippen LogP contribution in [0.3, 0.4) is 0 Å². The lowest BCUT2D eigenvalue weighted by molar-refractivity contribution is 0.0703. The summed E-state index contributed by atoms with van der Waals surface area (Å²) in [5.74, 6) is -0.0934. The number of sulfone groups is 1. The van der Waals surface area contributed by atoms with Crippen molar-refractivity contribution in [2.75, 3.05) is 20.1 Å². The van der Waals surface area contributed by atoms with Crippen LogP contribution in [0, 0.1) is 6.92 Å². The molecular weight excluding hydrogens is 396 g/mol. The van der Waals surface area contributed by atoms with E-state index in [4.69, 9.17) is 0 Å². The van der Waals surface area contributed by atoms with Crippen LogP contribution in [0.4, 0.5) is 0 Å². The minimum absolute atomic E-state index is 0. The van der Waals surface area contributed by atoms with E-state index in [0.717, 1.165) is 31.5 Å². The summed E-state index contributed by atoms with van der Waals surface area (Å²) in [4.78, 5) is 14.8. The maximum absolute atomic E-state index is 12.7. The van der Waals surface area contributed by atoms with E-state index >= 15 is 0 Å². The van der Waals surface area contributed by atoms with Crippen LogP contribution in [0.2, 0.25) is 0 Å². The summed E-state index contributed by atoms with van der Waals surface area (Å²) >= 11 is 0. The Balaban J connectivity index is 0.00000280. The first kappa shape index (κ1) is 22.4. The summed E-state index contributed by atoms with van der Waals surface area (Å²) in [5.41, 5.74) is 2.29. The Kier molecular flexibility index (Phi) is 7.63. The molecular formula is C21H27ClN2O3S. The lowest BCUT2D eigenvalue weighted by Crippen LogP contribution is -2.43. The van der Waals surface area contributed by atoms with Crippen molar-refractivity contribution in [3.63, 3.8) is 0 Å². The standard InChI is InChI=1S/C21H26N2O3S.ClH/c1-16-3-9-20(10-4-16)27(25,26)15-17-5-7-18(8-6-17)21(24)23(2)19-11-13-22-14-12-19;/h3-10,19,22H,11-15H2,1-2H3;1H. The lowest BCUT2D eigenvalue weighted by Gasteiger charge is -2.31. The molecule has 0 aliphatic carbocycles. The summed E-state index contributed by atoms with van der Waals surface area (Å²) in [6.45, 7) is 3.78. The zero-order valence-corrected chi connectivity index (χ0v) is 17.9. The van der Waals surface area contributed by atoms with Crippen LogP contribution in [-0.4, -0.2) is 45.4 Å². The van der Waals surface area contributed by atoms with Gasteiger partial charge in [0.15, 0.2) is 9.84 Å². The van der Waals surface area contributed by atoms with Crippen LogP contribution in [0.15, 0.2) is 53.4 Å². The number of benzene rings is 2. The summed E-state index contributed by atoms with van der Waals surface area (Å²) < 4.78 is 25.1. The van der Waals surface area contributed by atoms with Crippen LogP contribution in [0.25, 0.3) is 0 Å². The van der Waals surface area contributed by atoms with E-state index in [1.165, 1.54) is 0 Å². The Labute approximate surface area is 173 Å². The minimum Gasteiger partial charge on any atom is -0.339 e. The molecule has 152 valence electrons. The highest BCUT2D eigenvalue weighted by Crippen LogP contribution is 2.19. The first-order valence-electron chi connectivity index (χ1n) is 9.23. The molecule has 0 radical (unpaired) electrons. The zero-order valence-electron chi connectivity index (χ0n) is 16.2. The Morgan fingerprint density at radius 3 is 2.18 bits per heavy atom. The molecule has 0 aromatic heterocycles. The van der Waals surface area contributed by atoms with Gasteiger partial charge in [-0.2, -0.15) is 0 Å². The largest absolute Gasteiger partial charge is 0.339 e. The number of amides is 1. The van der Waals surface area contributed by atoms with Gasteiger partial charge in [-0.3, -0.25) is 4.79 Å². The number of nitrogens with one attached hydrogen (secondary N) is 1. The molecule has 1 heterocycles. The molecule has 7 heteroatoms. The second kappa shape index (κ2) is 9.54. The van der Waals surface area contributed by atoms with Gasteiger partial charge < -0.3 is 10.2 Å². The molecule has 0 bridgehead atoms. The van der Waals surface area contributed by atoms with E-state index < -0.39 is 9.84 Å². The van der Waals surface area contributed by atoms with Gasteiger partial charge in [-0.1, -0.05) is 29.8 Å². The number of hydrogen-bond acceptors (Lipinski definition) is 4. The fourth-order valence-electron chi connectivity index (χ4n) is 3.36. The molecule has 1 aliphatic rings. The molecule has 5 nitrogen and oxygen atoms in total. The van der Waals surface area contributed by atoms with Crippen molar-refractivity contribution in [2.45, 2.75) is 36.5 Å². The maximum Gasteiger partial charge on any atom is 0.253 e. The first-order chi connectivity index (χ1) is 12.9. The van der Waals surface area contributed by atoms with Crippen molar-refractivity contribution >= 4 is 28.2 Å². The average molecular weight is 423 g/mol. The van der Waals surface area contributed by atoms with Crippen LogP contribution in [0.5, 0.6) is 0 Å². The summed E-state index contributed by atoms with van der Waals surface area (Å²) in [5, 5.41) is 3.30. The topological polar surface area (TPSA) is 66.5 Å². The van der Waals surface area contributed by atoms with Crippen LogP contribution >= 0.6 is 12.4 Å². The Morgan fingerprint density at radius 1 is 1.04 bits per heavy atom. The average Bonchev–Trinajstić information content (AvgIpc) is 2.68. The smallest absolute Gasteiger partial charge is 0.253 e. The predicted octanol–water partition coefficient (Wildman–Crippen LogP) is 3.21. The normalized spacial score (nSPS) is 14.9. The predicted molar refractivity (Wildman–Crippen MR) is 114 cm³/mol. The third-order valence-electron chi connectivity index (χ3n) is 5.11. The number of hydrogen-bond donors (Lipinski definition) is 1. The van der Waals surface area contributed by atoms with Gasteiger partial charge in [-0.15, -0.1) is 12.4 Å². The first-order valence-corrected chi connectivity index (χ1v) is 10.9. The quantitative estimate of drug-likeness (QED) is 0.803. The van der Waals surface area contributed by atoms with Crippen LogP contribution in [-0.2, 0) is 15.6 Å². The summed E-state index contributed by atoms with van der Waals surface area (Å²) in [6.07, 6.45) is 1.91. The van der Waals surface area contributed by atoms with Gasteiger partial charge in [0.05, 0.1) is 10.6 Å². The van der Waals surface area contributed by atoms with Gasteiger partial charge >= 0.3 is 0 Å². The van der Waals surface area contributed by atoms with Gasteiger partial charge in [0.25, 0.3) is 5.91 Å².